The van der Waals surface area contributed by atoms with Crippen LogP contribution in [0, 0.1) is 5.82 Å². The van der Waals surface area contributed by atoms with Crippen LogP contribution in [0.2, 0.25) is 0 Å². The molecule has 2 aromatic carbocycles. The first-order valence-electron chi connectivity index (χ1n) is 12.2. The Morgan fingerprint density at radius 2 is 1.78 bits per heavy atom. The highest BCUT2D eigenvalue weighted by Gasteiger charge is 2.28. The van der Waals surface area contributed by atoms with Gasteiger partial charge in [0.25, 0.3) is 5.91 Å². The van der Waals surface area contributed by atoms with E-state index >= 15 is 4.39 Å². The minimum absolute atomic E-state index is 0.00475. The number of carbonyl (C=O) groups excluding carboxylic acids is 2. The number of benzene rings is 2. The standard InChI is InChI=1S/C27H29FN4O4/c1-17(33)30-9-11-31(12-10-30)25-14-24-21(13-23(25)28)26(34)22(16-32(24)19-5-6-19)27(35)29-15-18-3-7-20(36-2)8-4-18/h3-4,7-8,13-14,16,19H,5-6,9-12,15H2,1-2H3,(H,29,35). The monoisotopic (exact) mass is 492 g/mol. The number of nitrogens with one attached hydrogen (secondary N) is 1. The lowest BCUT2D eigenvalue weighted by Gasteiger charge is -2.36. The average Bonchev–Trinajstić information content (AvgIpc) is 3.73. The molecule has 2 fully saturated rings. The van der Waals surface area contributed by atoms with Gasteiger partial charge in [-0.2, -0.15) is 0 Å². The van der Waals surface area contributed by atoms with Crippen LogP contribution in [0.4, 0.5) is 10.1 Å². The average molecular weight is 493 g/mol. The molecular formula is C27H29FN4O4. The number of hydrogen-bond donors (Lipinski definition) is 1. The van der Waals surface area contributed by atoms with Gasteiger partial charge in [0.05, 0.1) is 18.3 Å². The van der Waals surface area contributed by atoms with Gasteiger partial charge in [0, 0.05) is 57.3 Å². The first-order chi connectivity index (χ1) is 17.4. The second-order valence-corrected chi connectivity index (χ2v) is 9.35. The number of amides is 2. The molecule has 1 aromatic heterocycles. The number of carbonyl (C=O) groups is 2. The van der Waals surface area contributed by atoms with Gasteiger partial charge in [0.2, 0.25) is 11.3 Å². The van der Waals surface area contributed by atoms with Crippen molar-refractivity contribution >= 4 is 28.4 Å². The molecule has 0 unspecified atom stereocenters. The first kappa shape index (κ1) is 23.8. The van der Waals surface area contributed by atoms with Gasteiger partial charge in [-0.25, -0.2) is 4.39 Å². The van der Waals surface area contributed by atoms with Crippen LogP contribution in [0.1, 0.15) is 41.7 Å². The molecule has 8 nitrogen and oxygen atoms in total. The SMILES string of the molecule is COc1ccc(CNC(=O)c2cn(C3CC3)c3cc(N4CCN(C(C)=O)CC4)c(F)cc3c2=O)cc1. The predicted octanol–water partition coefficient (Wildman–Crippen LogP) is 3.08. The minimum atomic E-state index is -0.506. The molecule has 5 rings (SSSR count). The third kappa shape index (κ3) is 4.65. The summed E-state index contributed by atoms with van der Waals surface area (Å²) in [5, 5.41) is 3.01. The van der Waals surface area contributed by atoms with E-state index in [0.717, 1.165) is 18.4 Å². The van der Waals surface area contributed by atoms with Crippen LogP contribution in [-0.4, -0.2) is 54.6 Å². The van der Waals surface area contributed by atoms with E-state index < -0.39 is 17.2 Å². The smallest absolute Gasteiger partial charge is 0.257 e. The second-order valence-electron chi connectivity index (χ2n) is 9.35. The van der Waals surface area contributed by atoms with Crippen LogP contribution in [0.3, 0.4) is 0 Å². The zero-order valence-electron chi connectivity index (χ0n) is 20.4. The largest absolute Gasteiger partial charge is 0.497 e. The Morgan fingerprint density at radius 3 is 2.39 bits per heavy atom. The van der Waals surface area contributed by atoms with Gasteiger partial charge < -0.3 is 24.4 Å². The maximum atomic E-state index is 15.3. The van der Waals surface area contributed by atoms with Gasteiger partial charge in [-0.3, -0.25) is 14.4 Å². The molecule has 0 radical (unpaired) electrons. The van der Waals surface area contributed by atoms with Crippen LogP contribution in [0.5, 0.6) is 5.75 Å². The van der Waals surface area contributed by atoms with Gasteiger partial charge >= 0.3 is 0 Å². The summed E-state index contributed by atoms with van der Waals surface area (Å²) in [6.45, 7) is 3.86. The Kier molecular flexibility index (Phi) is 6.38. The van der Waals surface area contributed by atoms with Crippen molar-refractivity contribution < 1.29 is 18.7 Å². The molecule has 3 aromatic rings. The van der Waals surface area contributed by atoms with Crippen molar-refractivity contribution in [2.24, 2.45) is 0 Å². The van der Waals surface area contributed by atoms with Crippen LogP contribution in [0.15, 0.2) is 47.4 Å². The fourth-order valence-electron chi connectivity index (χ4n) is 4.70. The van der Waals surface area contributed by atoms with Gasteiger partial charge in [-0.15, -0.1) is 0 Å². The molecule has 0 atom stereocenters. The molecule has 2 aliphatic rings. The van der Waals surface area contributed by atoms with E-state index in [4.69, 9.17) is 4.74 Å². The number of methoxy groups -OCH3 is 1. The molecule has 2 heterocycles. The summed E-state index contributed by atoms with van der Waals surface area (Å²) < 4.78 is 22.4. The fourth-order valence-corrected chi connectivity index (χ4v) is 4.70. The lowest BCUT2D eigenvalue weighted by molar-refractivity contribution is -0.129. The summed E-state index contributed by atoms with van der Waals surface area (Å²) in [5.74, 6) is -0.269. The van der Waals surface area contributed by atoms with Crippen LogP contribution >= 0.6 is 0 Å². The number of rotatable bonds is 6. The highest BCUT2D eigenvalue weighted by molar-refractivity contribution is 5.98. The molecule has 2 amide bonds. The summed E-state index contributed by atoms with van der Waals surface area (Å²) in [6.07, 6.45) is 3.49. The Morgan fingerprint density at radius 1 is 1.08 bits per heavy atom. The number of fused-ring (bicyclic) bond motifs is 1. The number of anilines is 1. The Bertz CT molecular complexity index is 1370. The first-order valence-corrected chi connectivity index (χ1v) is 12.2. The number of piperazine rings is 1. The summed E-state index contributed by atoms with van der Waals surface area (Å²) in [4.78, 5) is 41.6. The Labute approximate surface area is 208 Å². The van der Waals surface area contributed by atoms with E-state index in [2.05, 4.69) is 5.32 Å². The van der Waals surface area contributed by atoms with Gasteiger partial charge in [-0.1, -0.05) is 12.1 Å². The third-order valence-electron chi connectivity index (χ3n) is 6.96. The van der Waals surface area contributed by atoms with Crippen LogP contribution < -0.4 is 20.4 Å². The minimum Gasteiger partial charge on any atom is -0.497 e. The van der Waals surface area contributed by atoms with E-state index in [1.807, 2.05) is 21.6 Å². The molecule has 1 saturated heterocycles. The van der Waals surface area contributed by atoms with Gasteiger partial charge in [0.15, 0.2) is 0 Å². The lowest BCUT2D eigenvalue weighted by Crippen LogP contribution is -2.48. The van der Waals surface area contributed by atoms with Crippen molar-refractivity contribution in [1.82, 2.24) is 14.8 Å². The highest BCUT2D eigenvalue weighted by atomic mass is 19.1. The maximum absolute atomic E-state index is 15.3. The van der Waals surface area contributed by atoms with Crippen molar-refractivity contribution in [2.75, 3.05) is 38.2 Å². The van der Waals surface area contributed by atoms with E-state index in [1.165, 1.54) is 13.0 Å². The third-order valence-corrected chi connectivity index (χ3v) is 6.96. The van der Waals surface area contributed by atoms with Crippen molar-refractivity contribution in [3.05, 3.63) is 69.8 Å². The lowest BCUT2D eigenvalue weighted by atomic mass is 10.1. The molecular weight excluding hydrogens is 463 g/mol. The topological polar surface area (TPSA) is 83.9 Å². The molecule has 1 aliphatic carbocycles. The van der Waals surface area contributed by atoms with E-state index in [0.29, 0.717) is 43.1 Å². The van der Waals surface area contributed by atoms with E-state index in [9.17, 15) is 14.4 Å². The summed E-state index contributed by atoms with van der Waals surface area (Å²) in [6, 6.07) is 10.4. The predicted molar refractivity (Wildman–Crippen MR) is 135 cm³/mol. The molecule has 1 N–H and O–H groups in total. The molecule has 188 valence electrons. The number of nitrogens with zero attached hydrogens (tertiary/aromatic N) is 3. The Balaban J connectivity index is 1.44. The zero-order chi connectivity index (χ0) is 25.4. The highest BCUT2D eigenvalue weighted by Crippen LogP contribution is 2.38. The van der Waals surface area contributed by atoms with E-state index in [-0.39, 0.29) is 29.4 Å². The second kappa shape index (κ2) is 9.64. The number of pyridine rings is 1. The van der Waals surface area contributed by atoms with Crippen molar-refractivity contribution in [2.45, 2.75) is 32.4 Å². The van der Waals surface area contributed by atoms with Gasteiger partial charge in [-0.05, 0) is 42.7 Å². The molecule has 0 bridgehead atoms. The summed E-state index contributed by atoms with van der Waals surface area (Å²) >= 11 is 0. The summed E-state index contributed by atoms with van der Waals surface area (Å²) in [7, 11) is 1.59. The van der Waals surface area contributed by atoms with Crippen LogP contribution in [-0.2, 0) is 11.3 Å². The van der Waals surface area contributed by atoms with Crippen LogP contribution in [0.25, 0.3) is 10.9 Å². The van der Waals surface area contributed by atoms with Crippen molar-refractivity contribution in [1.29, 1.82) is 0 Å². The van der Waals surface area contributed by atoms with Crippen molar-refractivity contribution in [3.63, 3.8) is 0 Å². The fraction of sp³-hybridized carbons (Fsp3) is 0.370. The molecule has 36 heavy (non-hydrogen) atoms. The summed E-state index contributed by atoms with van der Waals surface area (Å²) in [5.41, 5.74) is 1.43. The normalized spacial score (nSPS) is 15.8. The molecule has 9 heteroatoms. The number of halogens is 1. The van der Waals surface area contributed by atoms with E-state index in [1.54, 1.807) is 36.4 Å². The Hall–Kier alpha value is -3.88. The number of aromatic nitrogens is 1. The molecule has 1 saturated carbocycles. The van der Waals surface area contributed by atoms with Gasteiger partial charge in [0.1, 0.15) is 17.1 Å². The number of hydrogen-bond acceptors (Lipinski definition) is 5. The zero-order valence-corrected chi connectivity index (χ0v) is 20.4. The molecule has 0 spiro atoms. The maximum Gasteiger partial charge on any atom is 0.257 e. The van der Waals surface area contributed by atoms with Crippen molar-refractivity contribution in [3.8, 4) is 5.75 Å². The molecule has 1 aliphatic heterocycles. The quantitative estimate of drug-likeness (QED) is 0.572. The number of ether oxygens (including phenoxy) is 1.